The molecule has 1 amide bonds. The van der Waals surface area contributed by atoms with Crippen LogP contribution in [-0.2, 0) is 4.79 Å². The van der Waals surface area contributed by atoms with E-state index in [-0.39, 0.29) is 5.91 Å². The number of aromatic nitrogens is 1. The van der Waals surface area contributed by atoms with Crippen LogP contribution in [0, 0.1) is 0 Å². The van der Waals surface area contributed by atoms with Gasteiger partial charge < -0.3 is 15.5 Å². The molecule has 1 saturated heterocycles. The second-order valence-corrected chi connectivity index (χ2v) is 5.66. The summed E-state index contributed by atoms with van der Waals surface area (Å²) in [4.78, 5) is 18.3. The first-order valence-electron chi connectivity index (χ1n) is 5.97. The Bertz CT molecular complexity index is 519. The molecule has 1 aliphatic rings. The van der Waals surface area contributed by atoms with Crippen LogP contribution in [0.1, 0.15) is 13.8 Å². The van der Waals surface area contributed by atoms with Gasteiger partial charge in [-0.05, 0) is 19.9 Å². The van der Waals surface area contributed by atoms with Crippen molar-refractivity contribution in [3.63, 3.8) is 0 Å². The third-order valence-electron chi connectivity index (χ3n) is 3.25. The number of pyridine rings is 1. The first kappa shape index (κ1) is 14.2. The van der Waals surface area contributed by atoms with Crippen molar-refractivity contribution in [2.45, 2.75) is 19.4 Å². The van der Waals surface area contributed by atoms with Crippen molar-refractivity contribution in [1.82, 2.24) is 10.3 Å². The van der Waals surface area contributed by atoms with Crippen molar-refractivity contribution in [3.05, 3.63) is 16.1 Å². The first-order valence-corrected chi connectivity index (χ1v) is 6.73. The van der Waals surface area contributed by atoms with Crippen molar-refractivity contribution in [3.8, 4) is 0 Å². The van der Waals surface area contributed by atoms with Crippen LogP contribution in [0.4, 0.5) is 11.6 Å². The van der Waals surface area contributed by atoms with Gasteiger partial charge in [-0.3, -0.25) is 4.79 Å². The fraction of sp³-hybridized carbons (Fsp3) is 0.500. The Labute approximate surface area is 122 Å². The van der Waals surface area contributed by atoms with E-state index in [1.54, 1.807) is 13.1 Å². The van der Waals surface area contributed by atoms with Crippen molar-refractivity contribution in [1.29, 1.82) is 0 Å². The molecular formula is C12H16Cl2N4O. The van der Waals surface area contributed by atoms with Crippen LogP contribution in [0.2, 0.25) is 10.0 Å². The molecule has 0 atom stereocenters. The highest BCUT2D eigenvalue weighted by molar-refractivity contribution is 6.37. The van der Waals surface area contributed by atoms with Crippen LogP contribution < -0.4 is 15.5 Å². The van der Waals surface area contributed by atoms with Crippen LogP contribution in [-0.4, -0.2) is 36.6 Å². The monoisotopic (exact) mass is 302 g/mol. The van der Waals surface area contributed by atoms with Gasteiger partial charge in [-0.2, -0.15) is 0 Å². The minimum absolute atomic E-state index is 0.0439. The number of nitrogens with zero attached hydrogens (tertiary/aromatic N) is 2. The van der Waals surface area contributed by atoms with Gasteiger partial charge >= 0.3 is 0 Å². The highest BCUT2D eigenvalue weighted by Crippen LogP contribution is 2.35. The van der Waals surface area contributed by atoms with Gasteiger partial charge in [0.25, 0.3) is 0 Å². The van der Waals surface area contributed by atoms with Gasteiger partial charge in [-0.1, -0.05) is 23.2 Å². The molecule has 2 N–H and O–H groups in total. The fourth-order valence-corrected chi connectivity index (χ4v) is 2.65. The molecule has 7 heteroatoms. The molecule has 1 aromatic rings. The highest BCUT2D eigenvalue weighted by atomic mass is 35.5. The van der Waals surface area contributed by atoms with Crippen LogP contribution in [0.25, 0.3) is 0 Å². The minimum atomic E-state index is -0.701. The third-order valence-corrected chi connectivity index (χ3v) is 3.82. The Morgan fingerprint density at radius 1 is 1.42 bits per heavy atom. The summed E-state index contributed by atoms with van der Waals surface area (Å²) in [6.07, 6.45) is 0. The minimum Gasteiger partial charge on any atom is -0.372 e. The average Bonchev–Trinajstić information content (AvgIpc) is 2.34. The summed E-state index contributed by atoms with van der Waals surface area (Å²) in [6, 6.07) is 1.64. The highest BCUT2D eigenvalue weighted by Gasteiger charge is 2.39. The Balaban J connectivity index is 2.48. The molecular weight excluding hydrogens is 287 g/mol. The average molecular weight is 303 g/mol. The normalized spacial score (nSPS) is 18.2. The van der Waals surface area contributed by atoms with Gasteiger partial charge in [0.1, 0.15) is 11.4 Å². The number of hydrogen-bond donors (Lipinski definition) is 2. The van der Waals surface area contributed by atoms with E-state index >= 15 is 0 Å². The maximum absolute atomic E-state index is 12.0. The number of carbonyl (C=O) groups excluding carboxylic acids is 1. The SMILES string of the molecule is CNc1nc(N2CCNC(=O)C2(C)C)c(Cl)cc1Cl. The van der Waals surface area contributed by atoms with E-state index in [0.29, 0.717) is 34.8 Å². The number of anilines is 2. The number of rotatable bonds is 2. The molecule has 104 valence electrons. The summed E-state index contributed by atoms with van der Waals surface area (Å²) < 4.78 is 0. The maximum atomic E-state index is 12.0. The number of amides is 1. The van der Waals surface area contributed by atoms with Gasteiger partial charge in [-0.15, -0.1) is 0 Å². The van der Waals surface area contributed by atoms with Crippen LogP contribution in [0.3, 0.4) is 0 Å². The molecule has 5 nitrogen and oxygen atoms in total. The van der Waals surface area contributed by atoms with E-state index in [9.17, 15) is 4.79 Å². The second kappa shape index (κ2) is 5.06. The summed E-state index contributed by atoms with van der Waals surface area (Å²) in [5, 5.41) is 6.64. The molecule has 1 aliphatic heterocycles. The number of hydrogen-bond acceptors (Lipinski definition) is 4. The molecule has 2 rings (SSSR count). The first-order chi connectivity index (χ1) is 8.87. The van der Waals surface area contributed by atoms with Crippen LogP contribution in [0.15, 0.2) is 6.07 Å². The van der Waals surface area contributed by atoms with E-state index in [2.05, 4.69) is 15.6 Å². The molecule has 0 bridgehead atoms. The zero-order valence-electron chi connectivity index (χ0n) is 11.1. The van der Waals surface area contributed by atoms with E-state index in [1.807, 2.05) is 18.7 Å². The van der Waals surface area contributed by atoms with E-state index < -0.39 is 5.54 Å². The van der Waals surface area contributed by atoms with Crippen molar-refractivity contribution in [2.24, 2.45) is 0 Å². The molecule has 0 unspecified atom stereocenters. The Morgan fingerprint density at radius 3 is 2.74 bits per heavy atom. The lowest BCUT2D eigenvalue weighted by atomic mass is 9.99. The zero-order chi connectivity index (χ0) is 14.2. The maximum Gasteiger partial charge on any atom is 0.245 e. The quantitative estimate of drug-likeness (QED) is 0.879. The van der Waals surface area contributed by atoms with E-state index in [0.717, 1.165) is 0 Å². The Hall–Kier alpha value is -1.20. The topological polar surface area (TPSA) is 57.3 Å². The summed E-state index contributed by atoms with van der Waals surface area (Å²) in [5.74, 6) is 1.07. The van der Waals surface area contributed by atoms with Gasteiger partial charge in [0.05, 0.1) is 10.0 Å². The summed E-state index contributed by atoms with van der Waals surface area (Å²) in [7, 11) is 1.74. The van der Waals surface area contributed by atoms with Crippen LogP contribution >= 0.6 is 23.2 Å². The number of halogens is 2. The molecule has 1 fully saturated rings. The second-order valence-electron chi connectivity index (χ2n) is 4.84. The number of piperazine rings is 1. The van der Waals surface area contributed by atoms with Crippen molar-refractivity contribution < 1.29 is 4.79 Å². The number of carbonyl (C=O) groups is 1. The lowest BCUT2D eigenvalue weighted by molar-refractivity contribution is -0.126. The Morgan fingerprint density at radius 2 is 2.11 bits per heavy atom. The Kier molecular flexibility index (Phi) is 3.78. The smallest absolute Gasteiger partial charge is 0.245 e. The number of nitrogens with one attached hydrogen (secondary N) is 2. The van der Waals surface area contributed by atoms with E-state index in [1.165, 1.54) is 0 Å². The molecule has 0 spiro atoms. The summed E-state index contributed by atoms with van der Waals surface area (Å²) in [5.41, 5.74) is -0.701. The lowest BCUT2D eigenvalue weighted by Gasteiger charge is -2.42. The lowest BCUT2D eigenvalue weighted by Crippen LogP contribution is -2.62. The van der Waals surface area contributed by atoms with Crippen molar-refractivity contribution >= 4 is 40.7 Å². The summed E-state index contributed by atoms with van der Waals surface area (Å²) in [6.45, 7) is 4.90. The molecule has 2 heterocycles. The predicted molar refractivity (Wildman–Crippen MR) is 78.2 cm³/mol. The zero-order valence-corrected chi connectivity index (χ0v) is 12.6. The van der Waals surface area contributed by atoms with Crippen molar-refractivity contribution in [2.75, 3.05) is 30.4 Å². The fourth-order valence-electron chi connectivity index (χ4n) is 2.09. The van der Waals surface area contributed by atoms with Gasteiger partial charge in [0, 0.05) is 20.1 Å². The largest absolute Gasteiger partial charge is 0.372 e. The van der Waals surface area contributed by atoms with Gasteiger partial charge in [-0.25, -0.2) is 4.98 Å². The molecule has 19 heavy (non-hydrogen) atoms. The summed E-state index contributed by atoms with van der Waals surface area (Å²) >= 11 is 12.3. The predicted octanol–water partition coefficient (Wildman–Crippen LogP) is 2.14. The molecule has 0 aromatic carbocycles. The van der Waals surface area contributed by atoms with Gasteiger partial charge in [0.2, 0.25) is 5.91 Å². The van der Waals surface area contributed by atoms with E-state index in [4.69, 9.17) is 23.2 Å². The molecule has 0 saturated carbocycles. The molecule has 0 radical (unpaired) electrons. The van der Waals surface area contributed by atoms with Crippen LogP contribution in [0.5, 0.6) is 0 Å². The third kappa shape index (κ3) is 2.44. The van der Waals surface area contributed by atoms with Gasteiger partial charge in [0.15, 0.2) is 5.82 Å². The molecule has 0 aliphatic carbocycles. The standard InChI is InChI=1S/C12H16Cl2N4O/c1-12(2)11(19)16-4-5-18(12)10-8(14)6-7(13)9(15-3)17-10/h6H,4-5H2,1-3H3,(H,15,17)(H,16,19). The molecule has 1 aromatic heterocycles.